The Morgan fingerprint density at radius 2 is 1.31 bits per heavy atom. The third-order valence-corrected chi connectivity index (χ3v) is 10.0. The molecule has 0 radical (unpaired) electrons. The fraction of sp³-hybridized carbons (Fsp3) is 0.241. The number of phenols is 1. The smallest absolute Gasteiger partial charge is 0.252 e. The van der Waals surface area contributed by atoms with E-state index in [4.69, 9.17) is 0 Å². The van der Waals surface area contributed by atoms with Crippen molar-refractivity contribution in [3.8, 4) is 5.75 Å². The van der Waals surface area contributed by atoms with Crippen molar-refractivity contribution in [2.24, 2.45) is 16.7 Å². The maximum absolute atomic E-state index is 14.2. The van der Waals surface area contributed by atoms with Crippen molar-refractivity contribution in [2.75, 3.05) is 4.90 Å². The molecule has 1 heterocycles. The Morgan fingerprint density at radius 3 is 1.86 bits per heavy atom. The molecule has 2 bridgehead atoms. The van der Waals surface area contributed by atoms with Crippen LogP contribution >= 0.6 is 15.9 Å². The molecule has 1 saturated heterocycles. The van der Waals surface area contributed by atoms with Crippen molar-refractivity contribution >= 4 is 44.6 Å². The van der Waals surface area contributed by atoms with Gasteiger partial charge in [0.1, 0.15) is 10.1 Å². The van der Waals surface area contributed by atoms with Crippen LogP contribution in [0.2, 0.25) is 0 Å². The highest BCUT2D eigenvalue weighted by atomic mass is 79.9. The number of aliphatic hydroxyl groups excluding tert-OH is 1. The van der Waals surface area contributed by atoms with E-state index in [9.17, 15) is 19.8 Å². The topological polar surface area (TPSA) is 77.8 Å². The minimum absolute atomic E-state index is 0.0513. The van der Waals surface area contributed by atoms with E-state index in [-0.39, 0.29) is 11.7 Å². The van der Waals surface area contributed by atoms with Crippen LogP contribution in [-0.4, -0.2) is 32.5 Å². The van der Waals surface area contributed by atoms with Gasteiger partial charge in [0.2, 0.25) is 5.91 Å². The maximum Gasteiger partial charge on any atom is 0.252 e. The summed E-state index contributed by atoms with van der Waals surface area (Å²) in [6.45, 7) is 3.81. The fourth-order valence-corrected chi connectivity index (χ4v) is 8.18. The molecular formula is C29H24BrNO4. The van der Waals surface area contributed by atoms with Gasteiger partial charge in [-0.15, -0.1) is 0 Å². The molecule has 2 amide bonds. The lowest BCUT2D eigenvalue weighted by molar-refractivity contribution is -0.125. The van der Waals surface area contributed by atoms with Gasteiger partial charge in [0.15, 0.2) is 0 Å². The molecule has 6 rings (SSSR count). The van der Waals surface area contributed by atoms with Gasteiger partial charge in [-0.05, 0) is 46.5 Å². The molecule has 35 heavy (non-hydrogen) atoms. The predicted molar refractivity (Wildman–Crippen MR) is 138 cm³/mol. The Bertz CT molecular complexity index is 1400. The van der Waals surface area contributed by atoms with Crippen LogP contribution < -0.4 is 4.90 Å². The molecule has 3 aliphatic rings. The predicted octanol–water partition coefficient (Wildman–Crippen LogP) is 5.03. The van der Waals surface area contributed by atoms with Gasteiger partial charge in [0, 0.05) is 10.8 Å². The highest BCUT2D eigenvalue weighted by Gasteiger charge is 2.85. The van der Waals surface area contributed by atoms with E-state index in [1.807, 2.05) is 74.5 Å². The van der Waals surface area contributed by atoms with E-state index in [1.54, 1.807) is 12.1 Å². The van der Waals surface area contributed by atoms with E-state index in [2.05, 4.69) is 15.9 Å². The number of hydrogen-bond donors (Lipinski definition) is 2. The molecular weight excluding hydrogens is 506 g/mol. The number of carbonyl (C=O) groups excluding carboxylic acids is 2. The average Bonchev–Trinajstić information content (AvgIpc) is 3.25. The van der Waals surface area contributed by atoms with Gasteiger partial charge in [-0.2, -0.15) is 0 Å². The molecule has 5 nitrogen and oxygen atoms in total. The number of benzene rings is 3. The van der Waals surface area contributed by atoms with Crippen molar-refractivity contribution in [3.63, 3.8) is 0 Å². The van der Waals surface area contributed by atoms with Crippen LogP contribution in [-0.2, 0) is 9.59 Å². The van der Waals surface area contributed by atoms with Crippen molar-refractivity contribution in [3.05, 3.63) is 96.1 Å². The molecule has 2 fully saturated rings. The number of alkyl halides is 1. The number of nitrogens with zero attached hydrogens (tertiary/aromatic N) is 1. The first-order valence-corrected chi connectivity index (χ1v) is 12.4. The van der Waals surface area contributed by atoms with Crippen LogP contribution in [0.3, 0.4) is 0 Å². The van der Waals surface area contributed by atoms with Crippen LogP contribution in [0.15, 0.2) is 84.9 Å². The number of phenolic OH excluding ortho intramolecular Hbond substituents is 1. The molecule has 0 spiro atoms. The first kappa shape index (κ1) is 22.3. The summed E-state index contributed by atoms with van der Waals surface area (Å²) in [6.07, 6.45) is -0.973. The molecule has 2 aliphatic carbocycles. The van der Waals surface area contributed by atoms with Crippen molar-refractivity contribution in [2.45, 2.75) is 24.3 Å². The molecule has 2 N–H and O–H groups in total. The molecule has 1 saturated carbocycles. The molecule has 1 aliphatic heterocycles. The zero-order valence-corrected chi connectivity index (χ0v) is 20.9. The Balaban J connectivity index is 1.65. The van der Waals surface area contributed by atoms with Crippen molar-refractivity contribution < 1.29 is 19.8 Å². The molecule has 3 aromatic carbocycles. The van der Waals surface area contributed by atoms with Gasteiger partial charge in [0.25, 0.3) is 5.91 Å². The first-order valence-electron chi connectivity index (χ1n) is 11.6. The van der Waals surface area contributed by atoms with Crippen LogP contribution in [0.5, 0.6) is 5.75 Å². The monoisotopic (exact) mass is 529 g/mol. The summed E-state index contributed by atoms with van der Waals surface area (Å²) >= 11 is 3.80. The second-order valence-electron chi connectivity index (χ2n) is 10.0. The van der Waals surface area contributed by atoms with Gasteiger partial charge in [-0.1, -0.05) is 90.4 Å². The number of fused-ring (bicyclic) bond motifs is 5. The number of rotatable bonds is 3. The van der Waals surface area contributed by atoms with Gasteiger partial charge in [0.05, 0.1) is 17.7 Å². The summed E-state index contributed by atoms with van der Waals surface area (Å²) < 4.78 is -1.34. The van der Waals surface area contributed by atoms with Crippen molar-refractivity contribution in [1.29, 1.82) is 0 Å². The highest BCUT2D eigenvalue weighted by molar-refractivity contribution is 9.10. The number of carbonyl (C=O) groups is 2. The molecule has 0 aromatic heterocycles. The van der Waals surface area contributed by atoms with Crippen LogP contribution in [0.25, 0.3) is 11.1 Å². The molecule has 176 valence electrons. The van der Waals surface area contributed by atoms with Crippen LogP contribution in [0.4, 0.5) is 5.69 Å². The van der Waals surface area contributed by atoms with Gasteiger partial charge >= 0.3 is 0 Å². The zero-order valence-electron chi connectivity index (χ0n) is 19.3. The van der Waals surface area contributed by atoms with E-state index < -0.39 is 33.1 Å². The van der Waals surface area contributed by atoms with Crippen LogP contribution in [0, 0.1) is 16.7 Å². The lowest BCUT2D eigenvalue weighted by Gasteiger charge is -2.42. The van der Waals surface area contributed by atoms with E-state index in [0.29, 0.717) is 5.69 Å². The van der Waals surface area contributed by atoms with E-state index in [1.165, 1.54) is 17.0 Å². The van der Waals surface area contributed by atoms with E-state index >= 15 is 0 Å². The van der Waals surface area contributed by atoms with Gasteiger partial charge < -0.3 is 10.2 Å². The number of imide groups is 1. The fourth-order valence-electron chi connectivity index (χ4n) is 6.92. The zero-order chi connectivity index (χ0) is 24.8. The summed E-state index contributed by atoms with van der Waals surface area (Å²) in [5, 5.41) is 21.7. The maximum atomic E-state index is 14.2. The minimum Gasteiger partial charge on any atom is -0.508 e. The second kappa shape index (κ2) is 7.15. The normalized spacial score (nSPS) is 33.5. The first-order chi connectivity index (χ1) is 16.7. The van der Waals surface area contributed by atoms with Crippen molar-refractivity contribution in [1.82, 2.24) is 0 Å². The molecule has 3 aromatic rings. The molecule has 5 atom stereocenters. The number of hydrogen-bond acceptors (Lipinski definition) is 4. The minimum atomic E-state index is -1.34. The number of amides is 2. The number of aliphatic hydroxyl groups is 1. The number of aromatic hydroxyl groups is 1. The van der Waals surface area contributed by atoms with Crippen LogP contribution in [0.1, 0.15) is 25.0 Å². The lowest BCUT2D eigenvalue weighted by atomic mass is 9.63. The summed E-state index contributed by atoms with van der Waals surface area (Å²) in [6, 6.07) is 25.7. The summed E-state index contributed by atoms with van der Waals surface area (Å²) in [4.78, 5) is 29.4. The highest BCUT2D eigenvalue weighted by Crippen LogP contribution is 2.79. The summed E-state index contributed by atoms with van der Waals surface area (Å²) in [5.41, 5.74) is 1.90. The SMILES string of the molecule is CC12C(c3ccccc3)=C(c3ccccc3)C(C)(C1O)C1(Br)C(=O)N(c3ccc(O)cc3)C(=O)C21. The molecule has 5 unspecified atom stereocenters. The Hall–Kier alpha value is -3.22. The average molecular weight is 530 g/mol. The number of halogens is 1. The lowest BCUT2D eigenvalue weighted by Crippen LogP contribution is -2.51. The summed E-state index contributed by atoms with van der Waals surface area (Å²) in [5.74, 6) is -1.53. The Kier molecular flexibility index (Phi) is 4.55. The molecule has 6 heteroatoms. The second-order valence-corrected chi connectivity index (χ2v) is 11.3. The standard InChI is InChI=1S/C29H24BrNO4/c1-27-21(17-9-5-3-6-10-17)22(18-11-7-4-8-12-18)28(2,25(27)34)29(30)23(27)24(33)31(26(29)35)19-13-15-20(32)16-14-19/h3-16,23,25,32,34H,1-2H3. The Labute approximate surface area is 211 Å². The Morgan fingerprint density at radius 1 is 0.800 bits per heavy atom. The third kappa shape index (κ3) is 2.46. The van der Waals surface area contributed by atoms with E-state index in [0.717, 1.165) is 22.3 Å². The number of anilines is 1. The van der Waals surface area contributed by atoms with Gasteiger partial charge in [-0.3, -0.25) is 9.59 Å². The van der Waals surface area contributed by atoms with Gasteiger partial charge in [-0.25, -0.2) is 4.90 Å². The largest absolute Gasteiger partial charge is 0.508 e. The third-order valence-electron chi connectivity index (χ3n) is 8.39. The summed E-state index contributed by atoms with van der Waals surface area (Å²) in [7, 11) is 0. The quantitative estimate of drug-likeness (QED) is 0.368.